The van der Waals surface area contributed by atoms with Gasteiger partial charge in [0.1, 0.15) is 5.75 Å². The minimum Gasteiger partial charge on any atom is -0.423 e. The van der Waals surface area contributed by atoms with Gasteiger partial charge in [0.2, 0.25) is 0 Å². The van der Waals surface area contributed by atoms with Gasteiger partial charge in [-0.15, -0.1) is 11.3 Å². The molecule has 0 amide bonds. The van der Waals surface area contributed by atoms with Crippen LogP contribution in [0, 0.1) is 6.92 Å². The highest BCUT2D eigenvalue weighted by molar-refractivity contribution is 7.13. The van der Waals surface area contributed by atoms with E-state index in [9.17, 15) is 18.0 Å². The quantitative estimate of drug-likeness (QED) is 0.228. The molecule has 0 saturated carbocycles. The third-order valence-electron chi connectivity index (χ3n) is 5.11. The molecule has 0 radical (unpaired) electrons. The second-order valence-electron chi connectivity index (χ2n) is 7.93. The number of aromatic nitrogens is 2. The lowest BCUT2D eigenvalue weighted by Gasteiger charge is -2.14. The molecule has 2 heterocycles. The van der Waals surface area contributed by atoms with Crippen molar-refractivity contribution in [3.8, 4) is 22.0 Å². The van der Waals surface area contributed by atoms with Crippen LogP contribution in [0.2, 0.25) is 0 Å². The van der Waals surface area contributed by atoms with Gasteiger partial charge in [0.05, 0.1) is 21.8 Å². The average Bonchev–Trinajstić information content (AvgIpc) is 3.43. The molecule has 4 aromatic rings. The van der Waals surface area contributed by atoms with Gasteiger partial charge in [-0.2, -0.15) is 18.3 Å². The summed E-state index contributed by atoms with van der Waals surface area (Å²) in [6.07, 6.45) is -4.57. The molecule has 4 nitrogen and oxygen atoms in total. The molecule has 0 fully saturated rings. The Balaban J connectivity index is 1.64. The molecule has 0 aliphatic rings. The lowest BCUT2D eigenvalue weighted by atomic mass is 10.0. The van der Waals surface area contributed by atoms with E-state index in [4.69, 9.17) is 4.74 Å². The van der Waals surface area contributed by atoms with Crippen LogP contribution in [0.5, 0.6) is 5.75 Å². The number of hydrogen-bond donors (Lipinski definition) is 0. The summed E-state index contributed by atoms with van der Waals surface area (Å²) in [6.45, 7) is 5.95. The van der Waals surface area contributed by atoms with E-state index in [2.05, 4.69) is 5.10 Å². The van der Waals surface area contributed by atoms with Crippen molar-refractivity contribution < 1.29 is 22.7 Å². The van der Waals surface area contributed by atoms with E-state index in [0.29, 0.717) is 22.0 Å². The molecular formula is C25H21F3N2O2S. The molecule has 0 N–H and O–H groups in total. The smallest absolute Gasteiger partial charge is 0.423 e. The second kappa shape index (κ2) is 8.86. The molecule has 0 aliphatic heterocycles. The third-order valence-corrected chi connectivity index (χ3v) is 6.01. The maximum atomic E-state index is 13.3. The number of alkyl halides is 3. The Kier molecular flexibility index (Phi) is 6.12. The van der Waals surface area contributed by atoms with Crippen LogP contribution in [0.3, 0.4) is 0 Å². The summed E-state index contributed by atoms with van der Waals surface area (Å²) in [5, 5.41) is 5.56. The van der Waals surface area contributed by atoms with Crippen molar-refractivity contribution in [2.24, 2.45) is 0 Å². The molecule has 4 rings (SSSR count). The molecule has 0 saturated heterocycles. The number of benzene rings is 2. The predicted molar refractivity (Wildman–Crippen MR) is 122 cm³/mol. The fourth-order valence-corrected chi connectivity index (χ4v) is 4.15. The lowest BCUT2D eigenvalue weighted by molar-refractivity contribution is -0.141. The first-order chi connectivity index (χ1) is 15.6. The fraction of sp³-hybridized carbons (Fsp3) is 0.200. The van der Waals surface area contributed by atoms with Gasteiger partial charge in [-0.05, 0) is 71.8 Å². The highest BCUT2D eigenvalue weighted by atomic mass is 32.1. The van der Waals surface area contributed by atoms with E-state index < -0.39 is 17.8 Å². The third kappa shape index (κ3) is 4.85. The summed E-state index contributed by atoms with van der Waals surface area (Å²) in [5.74, 6) is 0.138. The Morgan fingerprint density at radius 3 is 2.39 bits per heavy atom. The molecule has 0 aliphatic carbocycles. The molecule has 170 valence electrons. The number of halogens is 3. The zero-order valence-electron chi connectivity index (χ0n) is 18.2. The maximum Gasteiger partial charge on any atom is 0.435 e. The summed E-state index contributed by atoms with van der Waals surface area (Å²) in [7, 11) is 0. The zero-order valence-corrected chi connectivity index (χ0v) is 19.0. The number of hydrogen-bond acceptors (Lipinski definition) is 4. The van der Waals surface area contributed by atoms with E-state index >= 15 is 0 Å². The number of aryl methyl sites for hydroxylation is 1. The van der Waals surface area contributed by atoms with Gasteiger partial charge in [-0.3, -0.25) is 0 Å². The normalized spacial score (nSPS) is 11.7. The highest BCUT2D eigenvalue weighted by Gasteiger charge is 2.35. The second-order valence-corrected chi connectivity index (χ2v) is 8.88. The van der Waals surface area contributed by atoms with Crippen LogP contribution in [-0.2, 0) is 6.18 Å². The molecule has 0 unspecified atom stereocenters. The first-order valence-corrected chi connectivity index (χ1v) is 11.2. The van der Waals surface area contributed by atoms with Crippen molar-refractivity contribution in [2.45, 2.75) is 32.9 Å². The largest absolute Gasteiger partial charge is 0.435 e. The molecule has 0 bridgehead atoms. The monoisotopic (exact) mass is 470 g/mol. The van der Waals surface area contributed by atoms with Crippen LogP contribution in [0.4, 0.5) is 13.2 Å². The number of carbonyl (C=O) groups is 1. The minimum atomic E-state index is -4.57. The Morgan fingerprint density at radius 2 is 1.79 bits per heavy atom. The van der Waals surface area contributed by atoms with Crippen molar-refractivity contribution in [2.75, 3.05) is 0 Å². The van der Waals surface area contributed by atoms with E-state index in [1.165, 1.54) is 28.2 Å². The first kappa shape index (κ1) is 22.8. The number of nitrogens with zero attached hydrogens (tertiary/aromatic N) is 2. The summed E-state index contributed by atoms with van der Waals surface area (Å²) in [4.78, 5) is 13.4. The summed E-state index contributed by atoms with van der Waals surface area (Å²) < 4.78 is 46.8. The molecule has 8 heteroatoms. The van der Waals surface area contributed by atoms with Gasteiger partial charge in [-0.25, -0.2) is 9.48 Å². The Labute approximate surface area is 193 Å². The van der Waals surface area contributed by atoms with Crippen LogP contribution >= 0.6 is 11.3 Å². The van der Waals surface area contributed by atoms with Crippen molar-refractivity contribution in [3.05, 3.63) is 88.4 Å². The predicted octanol–water partition coefficient (Wildman–Crippen LogP) is 7.27. The van der Waals surface area contributed by atoms with Gasteiger partial charge < -0.3 is 4.74 Å². The molecule has 0 spiro atoms. The van der Waals surface area contributed by atoms with E-state index in [0.717, 1.165) is 17.2 Å². The SMILES string of the molecule is Cc1ccc(C(C)C)c(OC(=O)c2ccc(-n3nc(C(F)(F)F)cc3-c3cccs3)cc2)c1. The van der Waals surface area contributed by atoms with Crippen molar-refractivity contribution in [1.82, 2.24) is 9.78 Å². The van der Waals surface area contributed by atoms with Crippen LogP contribution < -0.4 is 4.74 Å². The van der Waals surface area contributed by atoms with Crippen LogP contribution in [0.15, 0.2) is 66.0 Å². The fourth-order valence-electron chi connectivity index (χ4n) is 3.42. The number of carbonyl (C=O) groups excluding carboxylic acids is 1. The van der Waals surface area contributed by atoms with Gasteiger partial charge in [0.25, 0.3) is 0 Å². The van der Waals surface area contributed by atoms with Gasteiger partial charge >= 0.3 is 12.1 Å². The van der Waals surface area contributed by atoms with Crippen molar-refractivity contribution in [1.29, 1.82) is 0 Å². The number of thiophene rings is 1. The highest BCUT2D eigenvalue weighted by Crippen LogP contribution is 2.35. The summed E-state index contributed by atoms with van der Waals surface area (Å²) in [6, 6.07) is 16.4. The van der Waals surface area contributed by atoms with Crippen LogP contribution in [0.1, 0.15) is 46.9 Å². The standard InChI is InChI=1S/C25H21F3N2O2S/c1-15(2)19-11-6-16(3)13-21(19)32-24(31)17-7-9-18(10-8-17)30-20(22-5-4-12-33-22)14-23(29-30)25(26,27)28/h4-15H,1-3H3. The van der Waals surface area contributed by atoms with Crippen molar-refractivity contribution in [3.63, 3.8) is 0 Å². The zero-order chi connectivity index (χ0) is 23.8. The van der Waals surface area contributed by atoms with Gasteiger partial charge in [0.15, 0.2) is 5.69 Å². The van der Waals surface area contributed by atoms with E-state index in [1.54, 1.807) is 29.6 Å². The van der Waals surface area contributed by atoms with Gasteiger partial charge in [-0.1, -0.05) is 32.0 Å². The number of rotatable bonds is 5. The van der Waals surface area contributed by atoms with Gasteiger partial charge in [0, 0.05) is 0 Å². The minimum absolute atomic E-state index is 0.175. The Morgan fingerprint density at radius 1 is 1.06 bits per heavy atom. The molecule has 0 atom stereocenters. The Hall–Kier alpha value is -3.39. The molecule has 2 aromatic heterocycles. The van der Waals surface area contributed by atoms with E-state index in [1.807, 2.05) is 39.0 Å². The Bertz CT molecular complexity index is 1270. The number of esters is 1. The van der Waals surface area contributed by atoms with Crippen LogP contribution in [-0.4, -0.2) is 15.7 Å². The van der Waals surface area contributed by atoms with Crippen molar-refractivity contribution >= 4 is 17.3 Å². The first-order valence-electron chi connectivity index (χ1n) is 10.3. The maximum absolute atomic E-state index is 13.3. The molecule has 33 heavy (non-hydrogen) atoms. The average molecular weight is 471 g/mol. The molecular weight excluding hydrogens is 449 g/mol. The van der Waals surface area contributed by atoms with E-state index in [-0.39, 0.29) is 11.5 Å². The molecule has 2 aromatic carbocycles. The summed E-state index contributed by atoms with van der Waals surface area (Å²) in [5.41, 5.74) is 1.93. The number of ether oxygens (including phenoxy) is 1. The van der Waals surface area contributed by atoms with Crippen LogP contribution in [0.25, 0.3) is 16.3 Å². The lowest BCUT2D eigenvalue weighted by Crippen LogP contribution is -2.11. The summed E-state index contributed by atoms with van der Waals surface area (Å²) >= 11 is 1.32. The topological polar surface area (TPSA) is 44.1 Å².